The van der Waals surface area contributed by atoms with Gasteiger partial charge in [-0.05, 0) is 36.5 Å². The maximum absolute atomic E-state index is 11.3. The van der Waals surface area contributed by atoms with Gasteiger partial charge in [0.15, 0.2) is 0 Å². The number of rotatable bonds is 1. The molecule has 0 fully saturated rings. The van der Waals surface area contributed by atoms with Gasteiger partial charge in [-0.2, -0.15) is 0 Å². The van der Waals surface area contributed by atoms with Gasteiger partial charge in [-0.25, -0.2) is 5.84 Å². The summed E-state index contributed by atoms with van der Waals surface area (Å²) in [5, 5.41) is 0. The van der Waals surface area contributed by atoms with Crippen LogP contribution < -0.4 is 11.3 Å². The summed E-state index contributed by atoms with van der Waals surface area (Å²) >= 11 is 0. The van der Waals surface area contributed by atoms with Crippen LogP contribution in [0.3, 0.4) is 0 Å². The molecule has 0 saturated heterocycles. The van der Waals surface area contributed by atoms with Crippen molar-refractivity contribution in [3.63, 3.8) is 0 Å². The Balaban J connectivity index is 2.47. The van der Waals surface area contributed by atoms with Gasteiger partial charge in [-0.15, -0.1) is 0 Å². The third kappa shape index (κ3) is 1.31. The second kappa shape index (κ2) is 3.18. The van der Waals surface area contributed by atoms with E-state index < -0.39 is 0 Å². The van der Waals surface area contributed by atoms with Crippen molar-refractivity contribution in [2.24, 2.45) is 5.84 Å². The van der Waals surface area contributed by atoms with Crippen molar-refractivity contribution < 1.29 is 4.79 Å². The number of nitrogens with one attached hydrogen (secondary N) is 1. The highest BCUT2D eigenvalue weighted by atomic mass is 16.2. The van der Waals surface area contributed by atoms with E-state index in [1.807, 2.05) is 12.1 Å². The fraction of sp³-hybridized carbons (Fsp3) is 0.300. The highest BCUT2D eigenvalue weighted by molar-refractivity contribution is 5.95. The predicted octanol–water partition coefficient (Wildman–Crippen LogP) is 0.779. The van der Waals surface area contributed by atoms with Gasteiger partial charge in [0, 0.05) is 5.56 Å². The van der Waals surface area contributed by atoms with Crippen molar-refractivity contribution in [3.8, 4) is 0 Å². The summed E-state index contributed by atoms with van der Waals surface area (Å²) in [5.41, 5.74) is 5.37. The molecule has 1 aliphatic rings. The first-order chi connectivity index (χ1) is 6.33. The van der Waals surface area contributed by atoms with Crippen LogP contribution in [0.2, 0.25) is 0 Å². The second-order valence-corrected chi connectivity index (χ2v) is 3.27. The van der Waals surface area contributed by atoms with Gasteiger partial charge < -0.3 is 0 Å². The quantitative estimate of drug-likeness (QED) is 0.377. The highest BCUT2D eigenvalue weighted by Crippen LogP contribution is 2.24. The van der Waals surface area contributed by atoms with Crippen LogP contribution in [0.5, 0.6) is 0 Å². The topological polar surface area (TPSA) is 55.1 Å². The maximum atomic E-state index is 11.3. The molecule has 1 aliphatic carbocycles. The number of carbonyl (C=O) groups is 1. The molecule has 0 aliphatic heterocycles. The van der Waals surface area contributed by atoms with E-state index in [0.29, 0.717) is 0 Å². The van der Waals surface area contributed by atoms with Crippen molar-refractivity contribution in [1.82, 2.24) is 5.43 Å². The lowest BCUT2D eigenvalue weighted by Crippen LogP contribution is -2.30. The van der Waals surface area contributed by atoms with Crippen LogP contribution in [0.15, 0.2) is 18.2 Å². The fourth-order valence-electron chi connectivity index (χ4n) is 1.91. The Bertz CT molecular complexity index is 347. The first kappa shape index (κ1) is 8.26. The molecule has 2 rings (SSSR count). The third-order valence-electron chi connectivity index (χ3n) is 2.52. The number of fused-ring (bicyclic) bond motifs is 1. The minimum Gasteiger partial charge on any atom is -0.290 e. The number of amides is 1. The summed E-state index contributed by atoms with van der Waals surface area (Å²) in [6.45, 7) is 0. The molecule has 0 saturated carbocycles. The van der Waals surface area contributed by atoms with Crippen molar-refractivity contribution >= 4 is 5.91 Å². The lowest BCUT2D eigenvalue weighted by Gasteiger charge is -2.05. The number of hydrazine groups is 1. The van der Waals surface area contributed by atoms with Crippen LogP contribution in [0.25, 0.3) is 0 Å². The molecule has 13 heavy (non-hydrogen) atoms. The first-order valence-electron chi connectivity index (χ1n) is 4.44. The standard InChI is InChI=1S/C10H12N2O/c11-12-10(13)9-6-2-4-7-3-1-5-8(7)9/h2,4,6H,1,3,5,11H2,(H,12,13). The van der Waals surface area contributed by atoms with E-state index in [1.165, 1.54) is 11.1 Å². The summed E-state index contributed by atoms with van der Waals surface area (Å²) in [7, 11) is 0. The Hall–Kier alpha value is -1.35. The van der Waals surface area contributed by atoms with Gasteiger partial charge in [0.2, 0.25) is 0 Å². The van der Waals surface area contributed by atoms with Gasteiger partial charge in [-0.3, -0.25) is 10.2 Å². The highest BCUT2D eigenvalue weighted by Gasteiger charge is 2.17. The zero-order valence-corrected chi connectivity index (χ0v) is 7.34. The van der Waals surface area contributed by atoms with Crippen LogP contribution in [0.4, 0.5) is 0 Å². The third-order valence-corrected chi connectivity index (χ3v) is 2.52. The SMILES string of the molecule is NNC(=O)c1cccc2c1CCC2. The van der Waals surface area contributed by atoms with Crippen LogP contribution in [0.1, 0.15) is 27.9 Å². The Kier molecular flexibility index (Phi) is 2.02. The van der Waals surface area contributed by atoms with Gasteiger partial charge in [0.25, 0.3) is 5.91 Å². The molecule has 68 valence electrons. The molecule has 3 heteroatoms. The Morgan fingerprint density at radius 1 is 1.38 bits per heavy atom. The van der Waals surface area contributed by atoms with Crippen LogP contribution in [-0.4, -0.2) is 5.91 Å². The van der Waals surface area contributed by atoms with E-state index >= 15 is 0 Å². The number of carbonyl (C=O) groups excluding carboxylic acids is 1. The average Bonchev–Trinajstić information content (AvgIpc) is 2.63. The van der Waals surface area contributed by atoms with Crippen molar-refractivity contribution in [3.05, 3.63) is 34.9 Å². The van der Waals surface area contributed by atoms with Gasteiger partial charge in [0.05, 0.1) is 0 Å². The fourth-order valence-corrected chi connectivity index (χ4v) is 1.91. The summed E-state index contributed by atoms with van der Waals surface area (Å²) in [4.78, 5) is 11.3. The Labute approximate surface area is 76.9 Å². The molecular weight excluding hydrogens is 164 g/mol. The molecule has 1 amide bonds. The molecule has 3 nitrogen and oxygen atoms in total. The summed E-state index contributed by atoms with van der Waals surface area (Å²) in [5.74, 6) is 4.92. The lowest BCUT2D eigenvalue weighted by atomic mass is 10.0. The van der Waals surface area contributed by atoms with E-state index in [9.17, 15) is 4.79 Å². The van der Waals surface area contributed by atoms with E-state index in [2.05, 4.69) is 11.5 Å². The maximum Gasteiger partial charge on any atom is 0.265 e. The number of nitrogens with two attached hydrogens (primary N) is 1. The van der Waals surface area contributed by atoms with Gasteiger partial charge in [0.1, 0.15) is 0 Å². The van der Waals surface area contributed by atoms with Crippen molar-refractivity contribution in [1.29, 1.82) is 0 Å². The number of nitrogen functional groups attached to an aromatic ring is 1. The summed E-state index contributed by atoms with van der Waals surface area (Å²) < 4.78 is 0. The molecule has 0 aromatic heterocycles. The van der Waals surface area contributed by atoms with E-state index in [4.69, 9.17) is 5.84 Å². The molecule has 0 bridgehead atoms. The second-order valence-electron chi connectivity index (χ2n) is 3.27. The van der Waals surface area contributed by atoms with Crippen LogP contribution in [0, 0.1) is 0 Å². The van der Waals surface area contributed by atoms with Crippen molar-refractivity contribution in [2.45, 2.75) is 19.3 Å². The van der Waals surface area contributed by atoms with Crippen LogP contribution >= 0.6 is 0 Å². The average molecular weight is 176 g/mol. The predicted molar refractivity (Wildman–Crippen MR) is 50.1 cm³/mol. The number of hydrogen-bond acceptors (Lipinski definition) is 2. The van der Waals surface area contributed by atoms with Crippen molar-refractivity contribution in [2.75, 3.05) is 0 Å². The van der Waals surface area contributed by atoms with E-state index in [1.54, 1.807) is 0 Å². The molecule has 0 spiro atoms. The van der Waals surface area contributed by atoms with E-state index in [-0.39, 0.29) is 5.91 Å². The Morgan fingerprint density at radius 2 is 2.23 bits per heavy atom. The van der Waals surface area contributed by atoms with Crippen LogP contribution in [-0.2, 0) is 12.8 Å². The zero-order valence-electron chi connectivity index (χ0n) is 7.34. The normalized spacial score (nSPS) is 13.9. The molecule has 1 aromatic rings. The molecule has 3 N–H and O–H groups in total. The molecule has 0 atom stereocenters. The minimum atomic E-state index is -0.182. The smallest absolute Gasteiger partial charge is 0.265 e. The van der Waals surface area contributed by atoms with Gasteiger partial charge >= 0.3 is 0 Å². The summed E-state index contributed by atoms with van der Waals surface area (Å²) in [6, 6.07) is 5.82. The first-order valence-corrected chi connectivity index (χ1v) is 4.44. The summed E-state index contributed by atoms with van der Waals surface area (Å²) in [6.07, 6.45) is 3.23. The molecular formula is C10H12N2O. The number of benzene rings is 1. The lowest BCUT2D eigenvalue weighted by molar-refractivity contribution is 0.0953. The number of hydrogen-bond donors (Lipinski definition) is 2. The van der Waals surface area contributed by atoms with Gasteiger partial charge in [-0.1, -0.05) is 12.1 Å². The minimum absolute atomic E-state index is 0.182. The molecule has 1 aromatic carbocycles. The Morgan fingerprint density at radius 3 is 3.00 bits per heavy atom. The molecule has 0 radical (unpaired) electrons. The monoisotopic (exact) mass is 176 g/mol. The number of aryl methyl sites for hydroxylation is 1. The molecule has 0 unspecified atom stereocenters. The molecule has 0 heterocycles. The zero-order chi connectivity index (χ0) is 9.26. The largest absolute Gasteiger partial charge is 0.290 e. The van der Waals surface area contributed by atoms with E-state index in [0.717, 1.165) is 24.8 Å².